The number of rotatable bonds is 4. The van der Waals surface area contributed by atoms with Crippen LogP contribution in [-0.2, 0) is 13.6 Å². The normalized spacial score (nSPS) is 10.1. The summed E-state index contributed by atoms with van der Waals surface area (Å²) in [6, 6.07) is 10.1. The number of methoxy groups -OCH3 is 1. The Balaban J connectivity index is 2.00. The first-order valence-electron chi connectivity index (χ1n) is 6.05. The first-order valence-corrected chi connectivity index (χ1v) is 6.05. The largest absolute Gasteiger partial charge is 0.497 e. The zero-order valence-electron chi connectivity index (χ0n) is 11.3. The van der Waals surface area contributed by atoms with E-state index in [9.17, 15) is 9.59 Å². The van der Waals surface area contributed by atoms with Gasteiger partial charge in [-0.15, -0.1) is 0 Å². The van der Waals surface area contributed by atoms with Crippen LogP contribution in [-0.4, -0.2) is 22.8 Å². The molecule has 1 N–H and O–H groups in total. The number of amides is 1. The van der Waals surface area contributed by atoms with Gasteiger partial charge in [0, 0.05) is 19.7 Å². The van der Waals surface area contributed by atoms with Crippen LogP contribution >= 0.6 is 0 Å². The van der Waals surface area contributed by atoms with Crippen LogP contribution in [0.3, 0.4) is 0 Å². The molecule has 0 aliphatic rings. The van der Waals surface area contributed by atoms with E-state index < -0.39 is 0 Å². The van der Waals surface area contributed by atoms with Gasteiger partial charge < -0.3 is 10.1 Å². The Labute approximate surface area is 116 Å². The summed E-state index contributed by atoms with van der Waals surface area (Å²) in [5.74, 6) is 0.441. The summed E-state index contributed by atoms with van der Waals surface area (Å²) in [7, 11) is 3.10. The lowest BCUT2D eigenvalue weighted by Gasteiger charge is -2.06. The molecule has 0 radical (unpaired) electrons. The minimum absolute atomic E-state index is 0.209. The predicted molar refractivity (Wildman–Crippen MR) is 73.6 cm³/mol. The van der Waals surface area contributed by atoms with E-state index in [0.29, 0.717) is 6.54 Å². The van der Waals surface area contributed by atoms with Crippen molar-refractivity contribution in [1.29, 1.82) is 0 Å². The number of ether oxygens (including phenoxy) is 1. The third kappa shape index (κ3) is 3.23. The zero-order chi connectivity index (χ0) is 14.5. The van der Waals surface area contributed by atoms with Crippen molar-refractivity contribution in [2.45, 2.75) is 6.54 Å². The molecule has 6 heteroatoms. The number of hydrogen-bond acceptors (Lipinski definition) is 4. The molecule has 0 aliphatic heterocycles. The van der Waals surface area contributed by atoms with E-state index >= 15 is 0 Å². The second-order valence-electron chi connectivity index (χ2n) is 4.21. The first kappa shape index (κ1) is 13.8. The Hall–Kier alpha value is -2.63. The lowest BCUT2D eigenvalue weighted by molar-refractivity contribution is 0.0943. The third-order valence-electron chi connectivity index (χ3n) is 2.81. The van der Waals surface area contributed by atoms with Crippen LogP contribution in [0.5, 0.6) is 5.75 Å². The summed E-state index contributed by atoms with van der Waals surface area (Å²) in [5.41, 5.74) is 0.904. The highest BCUT2D eigenvalue weighted by Gasteiger charge is 2.08. The molecule has 2 aromatic rings. The van der Waals surface area contributed by atoms with Gasteiger partial charge >= 0.3 is 0 Å². The number of carbonyl (C=O) groups excluding carboxylic acids is 1. The quantitative estimate of drug-likeness (QED) is 0.890. The third-order valence-corrected chi connectivity index (χ3v) is 2.81. The standard InChI is InChI=1S/C14H15N3O3/c1-17-13(18)8-7-12(16-17)14(19)15-9-10-3-5-11(20-2)6-4-10/h3-8H,9H2,1-2H3,(H,15,19). The van der Waals surface area contributed by atoms with Gasteiger partial charge in [-0.25, -0.2) is 4.68 Å². The van der Waals surface area contributed by atoms with Crippen LogP contribution in [0, 0.1) is 0 Å². The molecule has 0 bridgehead atoms. The molecule has 2 rings (SSSR count). The molecule has 0 saturated carbocycles. The molecule has 0 fully saturated rings. The Morgan fingerprint density at radius 3 is 2.55 bits per heavy atom. The lowest BCUT2D eigenvalue weighted by atomic mass is 10.2. The van der Waals surface area contributed by atoms with Crippen molar-refractivity contribution in [1.82, 2.24) is 15.1 Å². The zero-order valence-corrected chi connectivity index (χ0v) is 11.3. The Morgan fingerprint density at radius 2 is 1.95 bits per heavy atom. The van der Waals surface area contributed by atoms with Crippen molar-refractivity contribution in [3.8, 4) is 5.75 Å². The van der Waals surface area contributed by atoms with Crippen LogP contribution in [0.2, 0.25) is 0 Å². The van der Waals surface area contributed by atoms with Crippen molar-refractivity contribution in [2.75, 3.05) is 7.11 Å². The van der Waals surface area contributed by atoms with Gasteiger partial charge in [0.2, 0.25) is 0 Å². The molecule has 1 heterocycles. The van der Waals surface area contributed by atoms with E-state index in [0.717, 1.165) is 16.0 Å². The maximum absolute atomic E-state index is 11.9. The van der Waals surface area contributed by atoms with Crippen LogP contribution in [0.4, 0.5) is 0 Å². The number of aryl methyl sites for hydroxylation is 1. The van der Waals surface area contributed by atoms with Crippen molar-refractivity contribution in [2.24, 2.45) is 7.05 Å². The second kappa shape index (κ2) is 6.01. The molecule has 0 spiro atoms. The average Bonchev–Trinajstić information content (AvgIpc) is 2.48. The van der Waals surface area contributed by atoms with E-state index in [1.54, 1.807) is 7.11 Å². The Bertz CT molecular complexity index is 662. The molecular formula is C14H15N3O3. The van der Waals surface area contributed by atoms with Crippen LogP contribution < -0.4 is 15.6 Å². The van der Waals surface area contributed by atoms with Crippen LogP contribution in [0.25, 0.3) is 0 Å². The Kier molecular flexibility index (Phi) is 4.14. The summed E-state index contributed by atoms with van der Waals surface area (Å²) in [6.07, 6.45) is 0. The summed E-state index contributed by atoms with van der Waals surface area (Å²) in [5, 5.41) is 6.63. The molecule has 0 aliphatic carbocycles. The smallest absolute Gasteiger partial charge is 0.271 e. The fraction of sp³-hybridized carbons (Fsp3) is 0.214. The molecule has 0 unspecified atom stereocenters. The number of nitrogens with one attached hydrogen (secondary N) is 1. The van der Waals surface area contributed by atoms with E-state index in [4.69, 9.17) is 4.74 Å². The summed E-state index contributed by atoms with van der Waals surface area (Å²) in [4.78, 5) is 23.1. The summed E-state index contributed by atoms with van der Waals surface area (Å²) in [6.45, 7) is 0.382. The van der Waals surface area contributed by atoms with Gasteiger partial charge in [-0.2, -0.15) is 5.10 Å². The van der Waals surface area contributed by atoms with E-state index in [2.05, 4.69) is 10.4 Å². The summed E-state index contributed by atoms with van der Waals surface area (Å²) >= 11 is 0. The van der Waals surface area contributed by atoms with Gasteiger partial charge in [0.15, 0.2) is 0 Å². The molecule has 1 aromatic heterocycles. The van der Waals surface area contributed by atoms with E-state index in [1.165, 1.54) is 19.2 Å². The van der Waals surface area contributed by atoms with Gasteiger partial charge in [0.05, 0.1) is 7.11 Å². The number of benzene rings is 1. The molecule has 1 amide bonds. The van der Waals surface area contributed by atoms with Crippen molar-refractivity contribution in [3.63, 3.8) is 0 Å². The number of hydrogen-bond donors (Lipinski definition) is 1. The minimum Gasteiger partial charge on any atom is -0.497 e. The fourth-order valence-corrected chi connectivity index (χ4v) is 1.64. The predicted octanol–water partition coefficient (Wildman–Crippen LogP) is 0.719. The van der Waals surface area contributed by atoms with Crippen molar-refractivity contribution in [3.05, 3.63) is 58.0 Å². The molecule has 104 valence electrons. The minimum atomic E-state index is -0.323. The van der Waals surface area contributed by atoms with E-state index in [-0.39, 0.29) is 17.2 Å². The number of aromatic nitrogens is 2. The lowest BCUT2D eigenvalue weighted by Crippen LogP contribution is -2.28. The van der Waals surface area contributed by atoms with Gasteiger partial charge in [0.1, 0.15) is 11.4 Å². The highest BCUT2D eigenvalue weighted by atomic mass is 16.5. The van der Waals surface area contributed by atoms with E-state index in [1.807, 2.05) is 24.3 Å². The number of nitrogens with zero attached hydrogens (tertiary/aromatic N) is 2. The van der Waals surface area contributed by atoms with Gasteiger partial charge in [-0.1, -0.05) is 12.1 Å². The number of carbonyl (C=O) groups is 1. The molecular weight excluding hydrogens is 258 g/mol. The highest BCUT2D eigenvalue weighted by Crippen LogP contribution is 2.10. The second-order valence-corrected chi connectivity index (χ2v) is 4.21. The molecule has 20 heavy (non-hydrogen) atoms. The maximum Gasteiger partial charge on any atom is 0.271 e. The summed E-state index contributed by atoms with van der Waals surface area (Å²) < 4.78 is 6.19. The van der Waals surface area contributed by atoms with Crippen molar-refractivity contribution < 1.29 is 9.53 Å². The van der Waals surface area contributed by atoms with Gasteiger partial charge in [-0.05, 0) is 23.8 Å². The fourth-order valence-electron chi connectivity index (χ4n) is 1.64. The highest BCUT2D eigenvalue weighted by molar-refractivity contribution is 5.91. The van der Waals surface area contributed by atoms with Gasteiger partial charge in [-0.3, -0.25) is 9.59 Å². The first-order chi connectivity index (χ1) is 9.60. The SMILES string of the molecule is COc1ccc(CNC(=O)c2ccc(=O)n(C)n2)cc1. The topological polar surface area (TPSA) is 73.2 Å². The molecule has 0 saturated heterocycles. The molecule has 0 atom stereocenters. The van der Waals surface area contributed by atoms with Crippen LogP contribution in [0.15, 0.2) is 41.2 Å². The maximum atomic E-state index is 11.9. The average molecular weight is 273 g/mol. The van der Waals surface area contributed by atoms with Crippen molar-refractivity contribution >= 4 is 5.91 Å². The van der Waals surface area contributed by atoms with Gasteiger partial charge in [0.25, 0.3) is 11.5 Å². The monoisotopic (exact) mass is 273 g/mol. The van der Waals surface area contributed by atoms with Crippen LogP contribution in [0.1, 0.15) is 16.1 Å². The Morgan fingerprint density at radius 1 is 1.25 bits per heavy atom. The molecule has 6 nitrogen and oxygen atoms in total. The molecule has 1 aromatic carbocycles.